The second kappa shape index (κ2) is 3.69. The first kappa shape index (κ1) is 10.5. The predicted molar refractivity (Wildman–Crippen MR) is 68.1 cm³/mol. The van der Waals surface area contributed by atoms with E-state index in [1.54, 1.807) is 18.3 Å². The molecule has 0 atom stereocenters. The van der Waals surface area contributed by atoms with E-state index in [1.807, 2.05) is 0 Å². The van der Waals surface area contributed by atoms with Crippen LogP contribution in [0, 0.1) is 5.82 Å². The van der Waals surface area contributed by atoms with Crippen molar-refractivity contribution in [1.29, 1.82) is 0 Å². The molecule has 0 bridgehead atoms. The van der Waals surface area contributed by atoms with Crippen molar-refractivity contribution in [2.75, 3.05) is 11.5 Å². The molecule has 0 saturated carbocycles. The van der Waals surface area contributed by atoms with E-state index < -0.39 is 5.82 Å². The smallest absolute Gasteiger partial charge is 0.135 e. The molecule has 90 valence electrons. The molecular weight excluding hydrogens is 233 g/mol. The summed E-state index contributed by atoms with van der Waals surface area (Å²) in [7, 11) is 0. The Balaban J connectivity index is 2.34. The fraction of sp³-hybridized carbons (Fsp3) is 0. The summed E-state index contributed by atoms with van der Waals surface area (Å²) in [4.78, 5) is 4.09. The lowest BCUT2D eigenvalue weighted by atomic mass is 10.1. The minimum absolute atomic E-state index is 0.263. The lowest BCUT2D eigenvalue weighted by molar-refractivity contribution is 0.640. The molecule has 18 heavy (non-hydrogen) atoms. The van der Waals surface area contributed by atoms with E-state index in [2.05, 4.69) is 15.2 Å². The number of nitrogens with two attached hydrogens (primary N) is 2. The Kier molecular flexibility index (Phi) is 2.16. The molecule has 0 saturated heterocycles. The first-order valence-corrected chi connectivity index (χ1v) is 5.30. The zero-order chi connectivity index (χ0) is 12.7. The van der Waals surface area contributed by atoms with Crippen molar-refractivity contribution in [2.24, 2.45) is 0 Å². The molecule has 0 spiro atoms. The van der Waals surface area contributed by atoms with Crippen LogP contribution < -0.4 is 11.5 Å². The summed E-state index contributed by atoms with van der Waals surface area (Å²) in [6, 6.07) is 6.28. The normalized spacial score (nSPS) is 10.9. The van der Waals surface area contributed by atoms with Crippen LogP contribution in [0.15, 0.2) is 30.5 Å². The average Bonchev–Trinajstić information content (AvgIpc) is 2.80. The average molecular weight is 243 g/mol. The van der Waals surface area contributed by atoms with Crippen molar-refractivity contribution in [3.05, 3.63) is 36.3 Å². The highest BCUT2D eigenvalue weighted by atomic mass is 19.1. The summed E-state index contributed by atoms with van der Waals surface area (Å²) in [6.07, 6.45) is 1.67. The Morgan fingerprint density at radius 3 is 2.72 bits per heavy atom. The third-order valence-electron chi connectivity index (χ3n) is 2.71. The summed E-state index contributed by atoms with van der Waals surface area (Å²) < 4.78 is 14.0. The SMILES string of the molecule is Nc1cc(N)c2c(F)cc(-c3cc[nH]n3)cc2n1. The van der Waals surface area contributed by atoms with E-state index in [4.69, 9.17) is 11.5 Å². The number of nitrogens with one attached hydrogen (secondary N) is 1. The van der Waals surface area contributed by atoms with Gasteiger partial charge in [0.05, 0.1) is 16.6 Å². The topological polar surface area (TPSA) is 93.6 Å². The number of fused-ring (bicyclic) bond motifs is 1. The van der Waals surface area contributed by atoms with E-state index in [-0.39, 0.29) is 16.9 Å². The van der Waals surface area contributed by atoms with Gasteiger partial charge in [-0.2, -0.15) is 5.10 Å². The van der Waals surface area contributed by atoms with Crippen LogP contribution >= 0.6 is 0 Å². The quantitative estimate of drug-likeness (QED) is 0.608. The number of nitrogens with zero attached hydrogens (tertiary/aromatic N) is 2. The molecule has 5 nitrogen and oxygen atoms in total. The Labute approximate surface area is 102 Å². The van der Waals surface area contributed by atoms with Gasteiger partial charge in [0.2, 0.25) is 0 Å². The summed E-state index contributed by atoms with van der Waals surface area (Å²) >= 11 is 0. The zero-order valence-electron chi connectivity index (χ0n) is 9.31. The number of pyridine rings is 1. The summed E-state index contributed by atoms with van der Waals surface area (Å²) in [5, 5.41) is 6.95. The van der Waals surface area contributed by atoms with Crippen molar-refractivity contribution in [3.63, 3.8) is 0 Å². The van der Waals surface area contributed by atoms with Gasteiger partial charge in [-0.05, 0) is 18.2 Å². The van der Waals surface area contributed by atoms with Crippen LogP contribution in [-0.4, -0.2) is 15.2 Å². The third kappa shape index (κ3) is 1.55. The second-order valence-electron chi connectivity index (χ2n) is 3.95. The highest BCUT2D eigenvalue weighted by Crippen LogP contribution is 2.29. The minimum atomic E-state index is -0.435. The highest BCUT2D eigenvalue weighted by Gasteiger charge is 2.11. The standard InChI is InChI=1S/C12H10FN5/c13-7-3-6(9-1-2-16-18-9)4-10-12(7)8(14)5-11(15)17-10/h1-5H,(H,16,18)(H4,14,15,17). The molecule has 3 rings (SSSR count). The second-order valence-corrected chi connectivity index (χ2v) is 3.95. The molecular formula is C12H10FN5. The molecule has 0 aliphatic rings. The van der Waals surface area contributed by atoms with E-state index in [1.165, 1.54) is 12.1 Å². The van der Waals surface area contributed by atoms with Gasteiger partial charge in [-0.1, -0.05) is 0 Å². The first-order valence-electron chi connectivity index (χ1n) is 5.30. The number of anilines is 2. The van der Waals surface area contributed by atoms with Crippen LogP contribution in [-0.2, 0) is 0 Å². The lowest BCUT2D eigenvalue weighted by Crippen LogP contribution is -1.97. The van der Waals surface area contributed by atoms with Gasteiger partial charge in [-0.3, -0.25) is 5.10 Å². The van der Waals surface area contributed by atoms with E-state index in [9.17, 15) is 4.39 Å². The van der Waals surface area contributed by atoms with Gasteiger partial charge in [0, 0.05) is 23.5 Å². The summed E-state index contributed by atoms with van der Waals surface area (Å²) in [5.74, 6) is -0.172. The Morgan fingerprint density at radius 2 is 2.00 bits per heavy atom. The number of H-pyrrole nitrogens is 1. The number of aromatic nitrogens is 3. The van der Waals surface area contributed by atoms with Crippen molar-refractivity contribution >= 4 is 22.4 Å². The number of nitrogen functional groups attached to an aromatic ring is 2. The molecule has 1 aromatic carbocycles. The molecule has 0 aliphatic carbocycles. The lowest BCUT2D eigenvalue weighted by Gasteiger charge is -2.06. The van der Waals surface area contributed by atoms with Crippen LogP contribution in [0.3, 0.4) is 0 Å². The van der Waals surface area contributed by atoms with Gasteiger partial charge in [0.15, 0.2) is 0 Å². The minimum Gasteiger partial charge on any atom is -0.398 e. The van der Waals surface area contributed by atoms with Crippen LogP contribution in [0.25, 0.3) is 22.2 Å². The molecule has 0 unspecified atom stereocenters. The van der Waals surface area contributed by atoms with Gasteiger partial charge in [0.1, 0.15) is 11.6 Å². The van der Waals surface area contributed by atoms with Crippen molar-refractivity contribution in [1.82, 2.24) is 15.2 Å². The largest absolute Gasteiger partial charge is 0.398 e. The van der Waals surface area contributed by atoms with Gasteiger partial charge in [-0.25, -0.2) is 9.37 Å². The highest BCUT2D eigenvalue weighted by molar-refractivity contribution is 5.94. The van der Waals surface area contributed by atoms with Crippen molar-refractivity contribution in [2.45, 2.75) is 0 Å². The van der Waals surface area contributed by atoms with Crippen LogP contribution in [0.1, 0.15) is 0 Å². The molecule has 2 aromatic heterocycles. The maximum atomic E-state index is 14.0. The fourth-order valence-electron chi connectivity index (χ4n) is 1.94. The number of rotatable bonds is 1. The third-order valence-corrected chi connectivity index (χ3v) is 2.71. The van der Waals surface area contributed by atoms with Crippen LogP contribution in [0.2, 0.25) is 0 Å². The molecule has 2 heterocycles. The number of benzene rings is 1. The zero-order valence-corrected chi connectivity index (χ0v) is 9.31. The Hall–Kier alpha value is -2.63. The predicted octanol–water partition coefficient (Wildman–Crippen LogP) is 1.93. The Morgan fingerprint density at radius 1 is 1.17 bits per heavy atom. The molecule has 0 fully saturated rings. The van der Waals surface area contributed by atoms with E-state index in [0.29, 0.717) is 16.8 Å². The molecule has 5 N–H and O–H groups in total. The number of aromatic amines is 1. The molecule has 3 aromatic rings. The molecule has 0 aliphatic heterocycles. The number of hydrogen-bond acceptors (Lipinski definition) is 4. The molecule has 0 radical (unpaired) electrons. The van der Waals surface area contributed by atoms with E-state index >= 15 is 0 Å². The maximum absolute atomic E-state index is 14.0. The van der Waals surface area contributed by atoms with Gasteiger partial charge >= 0.3 is 0 Å². The summed E-state index contributed by atoms with van der Waals surface area (Å²) in [5.41, 5.74) is 13.3. The van der Waals surface area contributed by atoms with Gasteiger partial charge in [0.25, 0.3) is 0 Å². The van der Waals surface area contributed by atoms with Gasteiger partial charge < -0.3 is 11.5 Å². The number of hydrogen-bond donors (Lipinski definition) is 3. The van der Waals surface area contributed by atoms with E-state index in [0.717, 1.165) is 0 Å². The maximum Gasteiger partial charge on any atom is 0.135 e. The van der Waals surface area contributed by atoms with Gasteiger partial charge in [-0.15, -0.1) is 0 Å². The summed E-state index contributed by atoms with van der Waals surface area (Å²) in [6.45, 7) is 0. The molecule has 6 heteroatoms. The monoisotopic (exact) mass is 243 g/mol. The fourth-order valence-corrected chi connectivity index (χ4v) is 1.94. The number of halogens is 1. The van der Waals surface area contributed by atoms with Crippen molar-refractivity contribution in [3.8, 4) is 11.3 Å². The molecule has 0 amide bonds. The Bertz CT molecular complexity index is 721. The first-order chi connectivity index (χ1) is 8.65. The van der Waals surface area contributed by atoms with Crippen LogP contribution in [0.4, 0.5) is 15.9 Å². The van der Waals surface area contributed by atoms with Crippen molar-refractivity contribution < 1.29 is 4.39 Å². The van der Waals surface area contributed by atoms with Crippen LogP contribution in [0.5, 0.6) is 0 Å².